The zero-order valence-corrected chi connectivity index (χ0v) is 9.36. The molecule has 2 rings (SSSR count). The van der Waals surface area contributed by atoms with Crippen LogP contribution >= 0.6 is 23.2 Å². The summed E-state index contributed by atoms with van der Waals surface area (Å²) < 4.78 is 0. The van der Waals surface area contributed by atoms with Gasteiger partial charge in [0.2, 0.25) is 0 Å². The van der Waals surface area contributed by atoms with Crippen molar-refractivity contribution in [3.05, 3.63) is 22.2 Å². The lowest BCUT2D eigenvalue weighted by Gasteiger charge is -2.10. The second-order valence-corrected chi connectivity index (χ2v) is 3.95. The first-order chi connectivity index (χ1) is 7.16. The maximum absolute atomic E-state index is 5.88. The van der Waals surface area contributed by atoms with Crippen LogP contribution in [0.3, 0.4) is 0 Å². The number of nitrogens with zero attached hydrogens (tertiary/aromatic N) is 1. The number of anilines is 2. The zero-order chi connectivity index (χ0) is 10.8. The van der Waals surface area contributed by atoms with Crippen LogP contribution in [-0.4, -0.2) is 19.0 Å². The summed E-state index contributed by atoms with van der Waals surface area (Å²) in [5, 5.41) is 7.03. The van der Waals surface area contributed by atoms with Crippen LogP contribution in [0, 0.1) is 0 Å². The quantitative estimate of drug-likeness (QED) is 0.662. The molecule has 4 nitrogen and oxygen atoms in total. The molecule has 1 heterocycles. The lowest BCUT2D eigenvalue weighted by atomic mass is 10.2. The van der Waals surface area contributed by atoms with Crippen LogP contribution in [0.1, 0.15) is 0 Å². The molecule has 1 aliphatic heterocycles. The Bertz CT molecular complexity index is 417. The second-order valence-electron chi connectivity index (χ2n) is 3.14. The maximum atomic E-state index is 5.88. The number of hydrogen-bond acceptors (Lipinski definition) is 4. The molecule has 1 aliphatic rings. The van der Waals surface area contributed by atoms with Crippen LogP contribution in [0.25, 0.3) is 0 Å². The first-order valence-electron chi connectivity index (χ1n) is 4.46. The van der Waals surface area contributed by atoms with Gasteiger partial charge in [0.25, 0.3) is 0 Å². The van der Waals surface area contributed by atoms with Gasteiger partial charge in [-0.25, -0.2) is 0 Å². The molecule has 0 saturated carbocycles. The Kier molecular flexibility index (Phi) is 2.88. The Morgan fingerprint density at radius 2 is 2.07 bits per heavy atom. The number of nitrogen functional groups attached to an aromatic ring is 1. The van der Waals surface area contributed by atoms with Crippen LogP contribution in [-0.2, 0) is 0 Å². The smallest absolute Gasteiger partial charge is 0.195 e. The van der Waals surface area contributed by atoms with Crippen molar-refractivity contribution in [1.82, 2.24) is 5.32 Å². The van der Waals surface area contributed by atoms with Gasteiger partial charge >= 0.3 is 0 Å². The molecule has 1 aromatic rings. The molecule has 4 N–H and O–H groups in total. The number of guanidine groups is 1. The van der Waals surface area contributed by atoms with Gasteiger partial charge in [0.1, 0.15) is 0 Å². The minimum absolute atomic E-state index is 0.445. The monoisotopic (exact) mass is 244 g/mol. The maximum Gasteiger partial charge on any atom is 0.195 e. The molecule has 0 aromatic heterocycles. The standard InChI is InChI=1S/C9H10Cl2N4/c10-5-3-7(12)8(4-6(5)11)15-9-13-1-2-14-9/h3-4H,1-2,12H2,(H2,13,14,15). The Morgan fingerprint density at radius 3 is 2.73 bits per heavy atom. The molecule has 80 valence electrons. The fourth-order valence-electron chi connectivity index (χ4n) is 1.28. The average molecular weight is 245 g/mol. The summed E-state index contributed by atoms with van der Waals surface area (Å²) in [5.41, 5.74) is 7.03. The Balaban J connectivity index is 2.24. The molecule has 0 fully saturated rings. The predicted molar refractivity (Wildman–Crippen MR) is 64.8 cm³/mol. The van der Waals surface area contributed by atoms with Crippen molar-refractivity contribution < 1.29 is 0 Å². The largest absolute Gasteiger partial charge is 0.397 e. The molecular formula is C9H10Cl2N4. The third-order valence-electron chi connectivity index (χ3n) is 2.02. The predicted octanol–water partition coefficient (Wildman–Crippen LogP) is 1.95. The Morgan fingerprint density at radius 1 is 1.33 bits per heavy atom. The highest BCUT2D eigenvalue weighted by Crippen LogP contribution is 2.30. The Labute approximate surface area is 97.5 Å². The number of nitrogens with one attached hydrogen (secondary N) is 2. The van der Waals surface area contributed by atoms with E-state index in [-0.39, 0.29) is 0 Å². The van der Waals surface area contributed by atoms with Gasteiger partial charge < -0.3 is 16.4 Å². The molecule has 0 unspecified atom stereocenters. The van der Waals surface area contributed by atoms with Crippen LogP contribution in [0.2, 0.25) is 10.0 Å². The summed E-state index contributed by atoms with van der Waals surface area (Å²) in [6.07, 6.45) is 0. The van der Waals surface area contributed by atoms with E-state index in [0.717, 1.165) is 13.1 Å². The van der Waals surface area contributed by atoms with Gasteiger partial charge in [0.15, 0.2) is 5.96 Å². The molecule has 0 bridgehead atoms. The van der Waals surface area contributed by atoms with E-state index in [9.17, 15) is 0 Å². The lowest BCUT2D eigenvalue weighted by molar-refractivity contribution is 0.959. The van der Waals surface area contributed by atoms with E-state index in [0.29, 0.717) is 27.4 Å². The number of aliphatic imine (C=N–C) groups is 1. The third-order valence-corrected chi connectivity index (χ3v) is 2.74. The Hall–Kier alpha value is -1.13. The van der Waals surface area contributed by atoms with E-state index in [1.165, 1.54) is 0 Å². The first kappa shape index (κ1) is 10.4. The van der Waals surface area contributed by atoms with Gasteiger partial charge in [0.05, 0.1) is 28.0 Å². The molecule has 0 spiro atoms. The molecule has 0 atom stereocenters. The van der Waals surface area contributed by atoms with Gasteiger partial charge in [-0.2, -0.15) is 0 Å². The van der Waals surface area contributed by atoms with E-state index in [2.05, 4.69) is 15.6 Å². The van der Waals surface area contributed by atoms with E-state index >= 15 is 0 Å². The lowest BCUT2D eigenvalue weighted by Crippen LogP contribution is -2.26. The van der Waals surface area contributed by atoms with Crippen LogP contribution in [0.15, 0.2) is 17.1 Å². The molecule has 0 saturated heterocycles. The first-order valence-corrected chi connectivity index (χ1v) is 5.22. The highest BCUT2D eigenvalue weighted by Gasteiger charge is 2.09. The van der Waals surface area contributed by atoms with Crippen molar-refractivity contribution in [3.8, 4) is 0 Å². The van der Waals surface area contributed by atoms with Gasteiger partial charge in [-0.15, -0.1) is 0 Å². The fraction of sp³-hybridized carbons (Fsp3) is 0.222. The number of nitrogens with two attached hydrogens (primary N) is 1. The van der Waals surface area contributed by atoms with Gasteiger partial charge in [-0.3, -0.25) is 4.99 Å². The van der Waals surface area contributed by atoms with E-state index in [4.69, 9.17) is 28.9 Å². The number of hydrogen-bond donors (Lipinski definition) is 3. The third kappa shape index (κ3) is 2.27. The molecular weight excluding hydrogens is 235 g/mol. The van der Waals surface area contributed by atoms with Crippen molar-refractivity contribution in [2.45, 2.75) is 0 Å². The molecule has 15 heavy (non-hydrogen) atoms. The van der Waals surface area contributed by atoms with E-state index < -0.39 is 0 Å². The summed E-state index contributed by atoms with van der Waals surface area (Å²) in [6.45, 7) is 1.60. The van der Waals surface area contributed by atoms with Gasteiger partial charge in [-0.05, 0) is 12.1 Å². The number of benzene rings is 1. The fourth-order valence-corrected chi connectivity index (χ4v) is 1.62. The normalized spacial score (nSPS) is 14.7. The molecule has 1 aromatic carbocycles. The molecule has 0 aliphatic carbocycles. The van der Waals surface area contributed by atoms with Crippen molar-refractivity contribution in [2.24, 2.45) is 4.99 Å². The number of rotatable bonds is 1. The number of halogens is 2. The molecule has 0 amide bonds. The minimum atomic E-state index is 0.445. The van der Waals surface area contributed by atoms with E-state index in [1.807, 2.05) is 0 Å². The van der Waals surface area contributed by atoms with Gasteiger partial charge in [0, 0.05) is 6.54 Å². The van der Waals surface area contributed by atoms with Gasteiger partial charge in [-0.1, -0.05) is 23.2 Å². The summed E-state index contributed by atoms with van der Waals surface area (Å²) in [7, 11) is 0. The van der Waals surface area contributed by atoms with Crippen molar-refractivity contribution in [2.75, 3.05) is 24.1 Å². The average Bonchev–Trinajstić information content (AvgIpc) is 2.67. The SMILES string of the molecule is Nc1cc(Cl)c(Cl)cc1NC1=NCCN1. The highest BCUT2D eigenvalue weighted by atomic mass is 35.5. The second kappa shape index (κ2) is 4.16. The zero-order valence-electron chi connectivity index (χ0n) is 7.85. The van der Waals surface area contributed by atoms with Crippen molar-refractivity contribution in [3.63, 3.8) is 0 Å². The molecule has 0 radical (unpaired) electrons. The topological polar surface area (TPSA) is 62.4 Å². The van der Waals surface area contributed by atoms with Crippen molar-refractivity contribution >= 4 is 40.5 Å². The highest BCUT2D eigenvalue weighted by molar-refractivity contribution is 6.42. The summed E-state index contributed by atoms with van der Waals surface area (Å²) in [5.74, 6) is 0.708. The van der Waals surface area contributed by atoms with Crippen LogP contribution in [0.5, 0.6) is 0 Å². The van der Waals surface area contributed by atoms with Crippen LogP contribution < -0.4 is 16.4 Å². The van der Waals surface area contributed by atoms with E-state index in [1.54, 1.807) is 12.1 Å². The summed E-state index contributed by atoms with van der Waals surface area (Å²) >= 11 is 11.7. The minimum Gasteiger partial charge on any atom is -0.397 e. The van der Waals surface area contributed by atoms with Crippen molar-refractivity contribution in [1.29, 1.82) is 0 Å². The summed E-state index contributed by atoms with van der Waals surface area (Å²) in [4.78, 5) is 4.19. The molecule has 6 heteroatoms. The summed E-state index contributed by atoms with van der Waals surface area (Å²) in [6, 6.07) is 3.30. The van der Waals surface area contributed by atoms with Crippen LogP contribution in [0.4, 0.5) is 11.4 Å².